The molecule has 0 aromatic carbocycles. The predicted molar refractivity (Wildman–Crippen MR) is 230 cm³/mol. The first kappa shape index (κ1) is 52.8. The van der Waals surface area contributed by atoms with Gasteiger partial charge in [0.05, 0.1) is 0 Å². The number of carbonyl (C=O) groups excluding carboxylic acids is 2. The van der Waals surface area contributed by atoms with Gasteiger partial charge in [-0.15, -0.1) is 6.42 Å². The first-order valence-electron chi connectivity index (χ1n) is 23.3. The number of hydrogen-bond acceptors (Lipinski definition) is 4. The van der Waals surface area contributed by atoms with E-state index in [-0.39, 0.29) is 12.1 Å². The molecule has 0 aliphatic carbocycles. The summed E-state index contributed by atoms with van der Waals surface area (Å²) in [5, 5.41) is 0. The van der Waals surface area contributed by atoms with Crippen molar-refractivity contribution in [3.05, 3.63) is 0 Å². The number of aldehydes is 1. The molecule has 0 N–H and O–H groups in total. The molecule has 0 aromatic rings. The Hall–Kier alpha value is -1.34. The van der Waals surface area contributed by atoms with Crippen molar-refractivity contribution in [2.45, 2.75) is 259 Å². The molecule has 52 heavy (non-hydrogen) atoms. The number of carbonyl (C=O) groups is 2. The zero-order valence-electron chi connectivity index (χ0n) is 36.1. The van der Waals surface area contributed by atoms with E-state index in [9.17, 15) is 4.79 Å². The molecule has 0 heterocycles. The molecule has 2 atom stereocenters. The van der Waals surface area contributed by atoms with Crippen molar-refractivity contribution >= 4 is 12.3 Å². The van der Waals surface area contributed by atoms with Crippen LogP contribution in [-0.2, 0) is 14.3 Å². The molecule has 2 unspecified atom stereocenters. The Morgan fingerprint density at radius 2 is 0.865 bits per heavy atom. The first-order chi connectivity index (χ1) is 25.5. The van der Waals surface area contributed by atoms with Gasteiger partial charge in [0.1, 0.15) is 6.10 Å². The fourth-order valence-electron chi connectivity index (χ4n) is 7.46. The lowest BCUT2D eigenvalue weighted by Gasteiger charge is -2.22. The van der Waals surface area contributed by atoms with Crippen LogP contribution in [0.3, 0.4) is 0 Å². The van der Waals surface area contributed by atoms with E-state index in [2.05, 4.69) is 45.9 Å². The second kappa shape index (κ2) is 45.8. The average molecular weight is 732 g/mol. The maximum Gasteiger partial charge on any atom is 0.306 e. The number of terminal acetylenes is 1. The quantitative estimate of drug-likeness (QED) is 0.0272. The molecular formula is C48H93NO3. The van der Waals surface area contributed by atoms with E-state index in [1.54, 1.807) is 5.92 Å². The zero-order chi connectivity index (χ0) is 38.6. The van der Waals surface area contributed by atoms with Gasteiger partial charge in [-0.1, -0.05) is 202 Å². The number of hydrogen-bond donors (Lipinski definition) is 0. The van der Waals surface area contributed by atoms with Crippen molar-refractivity contribution in [3.63, 3.8) is 0 Å². The molecule has 0 radical (unpaired) electrons. The van der Waals surface area contributed by atoms with E-state index in [0.29, 0.717) is 12.7 Å². The molecule has 0 fully saturated rings. The van der Waals surface area contributed by atoms with E-state index in [1.165, 1.54) is 206 Å². The standard InChI is InChI=1S/C45H91NO2.C3H2O/c1-6-11-15-18-23-30-38-44(34-10-5)48-45(47)39-31-24-20-26-33-42-46(40-14-9-4)41-32-25-19-22-29-37-43(35-27-17-13-8-3)36-28-21-16-12-7-2;1-2-3-4/h43-44H,6-42H2,1-5H3;1,3H. The summed E-state index contributed by atoms with van der Waals surface area (Å²) in [6.45, 7) is 15.3. The smallest absolute Gasteiger partial charge is 0.306 e. The van der Waals surface area contributed by atoms with E-state index in [1.807, 2.05) is 0 Å². The van der Waals surface area contributed by atoms with E-state index in [0.717, 1.165) is 31.6 Å². The lowest BCUT2D eigenvalue weighted by Crippen LogP contribution is -2.27. The fraction of sp³-hybridized carbons (Fsp3) is 0.917. The summed E-state index contributed by atoms with van der Waals surface area (Å²) >= 11 is 0. The molecule has 0 saturated heterocycles. The minimum absolute atomic E-state index is 0.0465. The number of rotatable bonds is 40. The van der Waals surface area contributed by atoms with Crippen molar-refractivity contribution < 1.29 is 14.3 Å². The summed E-state index contributed by atoms with van der Waals surface area (Å²) in [6.07, 6.45) is 49.7. The van der Waals surface area contributed by atoms with Crippen LogP contribution in [0, 0.1) is 18.3 Å². The molecule has 0 saturated carbocycles. The van der Waals surface area contributed by atoms with Crippen molar-refractivity contribution in [3.8, 4) is 12.3 Å². The van der Waals surface area contributed by atoms with Crippen LogP contribution >= 0.6 is 0 Å². The topological polar surface area (TPSA) is 46.6 Å². The molecule has 0 aliphatic heterocycles. The van der Waals surface area contributed by atoms with Crippen LogP contribution in [0.5, 0.6) is 0 Å². The SMILES string of the molecule is C#CC=O.CCCCCCCCC(CCC)OC(=O)CCCCCCCN(CCCC)CCCCCCCC(CCCCCC)CCCCCCC. The normalized spacial score (nSPS) is 12.2. The fourth-order valence-corrected chi connectivity index (χ4v) is 7.46. The number of unbranched alkanes of at least 4 members (excludes halogenated alkanes) is 21. The van der Waals surface area contributed by atoms with E-state index >= 15 is 0 Å². The lowest BCUT2D eigenvalue weighted by molar-refractivity contribution is -0.150. The number of nitrogens with zero attached hydrogens (tertiary/aromatic N) is 1. The third-order valence-electron chi connectivity index (χ3n) is 10.8. The van der Waals surface area contributed by atoms with Gasteiger partial charge in [0.15, 0.2) is 6.29 Å². The van der Waals surface area contributed by atoms with Crippen LogP contribution in [-0.4, -0.2) is 42.9 Å². The van der Waals surface area contributed by atoms with E-state index in [4.69, 9.17) is 9.53 Å². The maximum absolute atomic E-state index is 12.5. The third kappa shape index (κ3) is 41.4. The summed E-state index contributed by atoms with van der Waals surface area (Å²) in [7, 11) is 0. The number of esters is 1. The predicted octanol–water partition coefficient (Wildman–Crippen LogP) is 15.0. The van der Waals surface area contributed by atoms with Gasteiger partial charge in [-0.25, -0.2) is 0 Å². The van der Waals surface area contributed by atoms with Gasteiger partial charge in [-0.2, -0.15) is 0 Å². The molecule has 0 rings (SSSR count). The summed E-state index contributed by atoms with van der Waals surface area (Å²) in [5.41, 5.74) is 0. The van der Waals surface area contributed by atoms with Crippen LogP contribution in [0.15, 0.2) is 0 Å². The van der Waals surface area contributed by atoms with Gasteiger partial charge in [0.2, 0.25) is 0 Å². The minimum Gasteiger partial charge on any atom is -0.462 e. The van der Waals surface area contributed by atoms with Crippen molar-refractivity contribution in [1.29, 1.82) is 0 Å². The second-order valence-electron chi connectivity index (χ2n) is 15.9. The molecule has 0 bridgehead atoms. The Morgan fingerprint density at radius 1 is 0.500 bits per heavy atom. The third-order valence-corrected chi connectivity index (χ3v) is 10.8. The summed E-state index contributed by atoms with van der Waals surface area (Å²) in [5.74, 6) is 2.80. The lowest BCUT2D eigenvalue weighted by atomic mass is 9.89. The Kier molecular flexibility index (Phi) is 46.5. The monoisotopic (exact) mass is 732 g/mol. The van der Waals surface area contributed by atoms with Crippen LogP contribution in [0.25, 0.3) is 0 Å². The second-order valence-corrected chi connectivity index (χ2v) is 15.9. The van der Waals surface area contributed by atoms with Crippen molar-refractivity contribution in [2.24, 2.45) is 5.92 Å². The highest BCUT2D eigenvalue weighted by Gasteiger charge is 2.14. The van der Waals surface area contributed by atoms with Gasteiger partial charge in [-0.05, 0) is 76.4 Å². The van der Waals surface area contributed by atoms with Crippen LogP contribution in [0.4, 0.5) is 0 Å². The molecule has 0 aromatic heterocycles. The minimum atomic E-state index is 0.0465. The number of ether oxygens (including phenoxy) is 1. The van der Waals surface area contributed by atoms with E-state index < -0.39 is 0 Å². The molecule has 308 valence electrons. The molecule has 0 aliphatic rings. The van der Waals surface area contributed by atoms with Gasteiger partial charge < -0.3 is 9.64 Å². The van der Waals surface area contributed by atoms with Crippen LogP contribution in [0.2, 0.25) is 0 Å². The zero-order valence-corrected chi connectivity index (χ0v) is 36.1. The highest BCUT2D eigenvalue weighted by Crippen LogP contribution is 2.24. The highest BCUT2D eigenvalue weighted by molar-refractivity contribution is 5.71. The Bertz CT molecular complexity index is 746. The largest absolute Gasteiger partial charge is 0.462 e. The molecular weight excluding hydrogens is 639 g/mol. The Balaban J connectivity index is 0. The van der Waals surface area contributed by atoms with Crippen molar-refractivity contribution in [1.82, 2.24) is 4.90 Å². The van der Waals surface area contributed by atoms with Crippen LogP contribution < -0.4 is 0 Å². The summed E-state index contributed by atoms with van der Waals surface area (Å²) in [6, 6.07) is 0. The Labute approximate surface area is 327 Å². The van der Waals surface area contributed by atoms with Gasteiger partial charge in [0, 0.05) is 6.42 Å². The molecule has 0 spiro atoms. The molecule has 4 heteroatoms. The Morgan fingerprint density at radius 3 is 1.31 bits per heavy atom. The van der Waals surface area contributed by atoms with Gasteiger partial charge >= 0.3 is 5.97 Å². The van der Waals surface area contributed by atoms with Gasteiger partial charge in [0.25, 0.3) is 0 Å². The van der Waals surface area contributed by atoms with Gasteiger partial charge in [-0.3, -0.25) is 9.59 Å². The summed E-state index contributed by atoms with van der Waals surface area (Å²) in [4.78, 5) is 24.2. The highest BCUT2D eigenvalue weighted by atomic mass is 16.5. The van der Waals surface area contributed by atoms with Crippen LogP contribution in [0.1, 0.15) is 253 Å². The molecule has 0 amide bonds. The first-order valence-corrected chi connectivity index (χ1v) is 23.3. The molecule has 4 nitrogen and oxygen atoms in total. The summed E-state index contributed by atoms with van der Waals surface area (Å²) < 4.78 is 5.89. The maximum atomic E-state index is 12.5. The average Bonchev–Trinajstić information content (AvgIpc) is 3.15. The van der Waals surface area contributed by atoms with Crippen molar-refractivity contribution in [2.75, 3.05) is 19.6 Å².